The van der Waals surface area contributed by atoms with E-state index in [0.717, 1.165) is 17.7 Å². The maximum absolute atomic E-state index is 11.8. The van der Waals surface area contributed by atoms with E-state index in [9.17, 15) is 9.59 Å². The molecule has 2 amide bonds. The number of hydrogen-bond donors (Lipinski definition) is 1. The van der Waals surface area contributed by atoms with Crippen LogP contribution in [0.3, 0.4) is 0 Å². The van der Waals surface area contributed by atoms with E-state index in [-0.39, 0.29) is 11.8 Å². The molecule has 0 fully saturated rings. The van der Waals surface area contributed by atoms with Crippen molar-refractivity contribution in [1.29, 1.82) is 0 Å². The smallest absolute Gasteiger partial charge is 0.223 e. The molecule has 0 bridgehead atoms. The number of rotatable bonds is 8. The largest absolute Gasteiger partial charge is 0.385 e. The molecule has 122 valence electrons. The fourth-order valence-electron chi connectivity index (χ4n) is 2.11. The van der Waals surface area contributed by atoms with Crippen LogP contribution in [0, 0.1) is 13.8 Å². The van der Waals surface area contributed by atoms with E-state index in [4.69, 9.17) is 4.74 Å². The molecule has 5 nitrogen and oxygen atoms in total. The highest BCUT2D eigenvalue weighted by atomic mass is 16.5. The molecule has 0 aliphatic rings. The lowest BCUT2D eigenvalue weighted by molar-refractivity contribution is -0.121. The zero-order valence-corrected chi connectivity index (χ0v) is 13.9. The first-order chi connectivity index (χ1) is 10.5. The number of benzene rings is 1. The molecule has 0 heterocycles. The van der Waals surface area contributed by atoms with Crippen molar-refractivity contribution in [3.63, 3.8) is 0 Å². The third kappa shape index (κ3) is 5.85. The summed E-state index contributed by atoms with van der Waals surface area (Å²) in [6.07, 6.45) is 1.08. The van der Waals surface area contributed by atoms with Crippen molar-refractivity contribution in [3.8, 4) is 0 Å². The first kappa shape index (κ1) is 18.2. The summed E-state index contributed by atoms with van der Waals surface area (Å²) in [5.41, 5.74) is 3.15. The molecule has 0 atom stereocenters. The van der Waals surface area contributed by atoms with Crippen LogP contribution in [0.25, 0.3) is 0 Å². The van der Waals surface area contributed by atoms with E-state index in [0.29, 0.717) is 26.1 Å². The molecule has 0 unspecified atom stereocenters. The Morgan fingerprint density at radius 2 is 1.95 bits per heavy atom. The average molecular weight is 306 g/mol. The van der Waals surface area contributed by atoms with E-state index >= 15 is 0 Å². The highest BCUT2D eigenvalue weighted by molar-refractivity contribution is 5.92. The summed E-state index contributed by atoms with van der Waals surface area (Å²) in [6, 6.07) is 5.89. The van der Waals surface area contributed by atoms with Crippen LogP contribution in [0.4, 0.5) is 5.69 Å². The van der Waals surface area contributed by atoms with Gasteiger partial charge in [0.1, 0.15) is 0 Å². The van der Waals surface area contributed by atoms with E-state index in [1.165, 1.54) is 12.5 Å². The van der Waals surface area contributed by atoms with Gasteiger partial charge in [-0.15, -0.1) is 0 Å². The van der Waals surface area contributed by atoms with Crippen molar-refractivity contribution in [1.82, 2.24) is 5.32 Å². The van der Waals surface area contributed by atoms with Gasteiger partial charge in [-0.25, -0.2) is 0 Å². The Morgan fingerprint density at radius 3 is 2.55 bits per heavy atom. The second-order valence-electron chi connectivity index (χ2n) is 5.39. The molecular formula is C17H26N2O3. The van der Waals surface area contributed by atoms with E-state index in [1.807, 2.05) is 32.0 Å². The molecule has 0 saturated carbocycles. The number of aryl methyl sites for hydroxylation is 2. The number of ether oxygens (including phenoxy) is 1. The summed E-state index contributed by atoms with van der Waals surface area (Å²) in [4.78, 5) is 25.3. The fraction of sp³-hybridized carbons (Fsp3) is 0.529. The number of anilines is 1. The van der Waals surface area contributed by atoms with E-state index < -0.39 is 0 Å². The van der Waals surface area contributed by atoms with Crippen molar-refractivity contribution in [2.75, 3.05) is 31.7 Å². The second kappa shape index (κ2) is 9.20. The summed E-state index contributed by atoms with van der Waals surface area (Å²) < 4.78 is 4.93. The van der Waals surface area contributed by atoms with Gasteiger partial charge < -0.3 is 15.0 Å². The van der Waals surface area contributed by atoms with Crippen molar-refractivity contribution in [2.24, 2.45) is 0 Å². The standard InChI is InChI=1S/C17H26N2O3/c1-13-6-7-16(12-14(13)2)19(15(3)20)10-8-17(21)18-9-5-11-22-4/h6-7,12H,5,8-11H2,1-4H3,(H,18,21). The molecule has 0 aromatic heterocycles. The Kier molecular flexibility index (Phi) is 7.60. The van der Waals surface area contributed by atoms with Crippen LogP contribution in [0.1, 0.15) is 30.9 Å². The molecule has 0 aliphatic carbocycles. The number of amides is 2. The Morgan fingerprint density at radius 1 is 1.23 bits per heavy atom. The maximum atomic E-state index is 11.8. The Hall–Kier alpha value is -1.88. The van der Waals surface area contributed by atoms with Crippen LogP contribution in [-0.4, -0.2) is 38.6 Å². The minimum absolute atomic E-state index is 0.0498. The zero-order chi connectivity index (χ0) is 16.5. The highest BCUT2D eigenvalue weighted by Gasteiger charge is 2.13. The fourth-order valence-corrected chi connectivity index (χ4v) is 2.11. The Labute approximate surface area is 132 Å². The Bertz CT molecular complexity index is 515. The molecule has 1 rings (SSSR count). The maximum Gasteiger partial charge on any atom is 0.223 e. The van der Waals surface area contributed by atoms with Gasteiger partial charge in [-0.2, -0.15) is 0 Å². The number of hydrogen-bond acceptors (Lipinski definition) is 3. The summed E-state index contributed by atoms with van der Waals surface area (Å²) >= 11 is 0. The Balaban J connectivity index is 2.56. The molecule has 0 aliphatic heterocycles. The third-order valence-electron chi connectivity index (χ3n) is 3.59. The third-order valence-corrected chi connectivity index (χ3v) is 3.59. The van der Waals surface area contributed by atoms with Crippen molar-refractivity contribution >= 4 is 17.5 Å². The molecule has 1 aromatic rings. The van der Waals surface area contributed by atoms with Gasteiger partial charge in [-0.05, 0) is 43.5 Å². The number of carbonyl (C=O) groups is 2. The summed E-state index contributed by atoms with van der Waals surface area (Å²) in [7, 11) is 1.64. The lowest BCUT2D eigenvalue weighted by atomic mass is 10.1. The van der Waals surface area contributed by atoms with Gasteiger partial charge in [-0.1, -0.05) is 6.07 Å². The predicted octanol–water partition coefficient (Wildman–Crippen LogP) is 2.20. The SMILES string of the molecule is COCCCNC(=O)CCN(C(C)=O)c1ccc(C)c(C)c1. The number of methoxy groups -OCH3 is 1. The van der Waals surface area contributed by atoms with Gasteiger partial charge in [0, 0.05) is 45.8 Å². The molecule has 0 radical (unpaired) electrons. The predicted molar refractivity (Wildman–Crippen MR) is 88.1 cm³/mol. The monoisotopic (exact) mass is 306 g/mol. The average Bonchev–Trinajstić information content (AvgIpc) is 2.47. The molecule has 0 spiro atoms. The van der Waals surface area contributed by atoms with E-state index in [2.05, 4.69) is 5.32 Å². The van der Waals surface area contributed by atoms with Gasteiger partial charge in [-0.3, -0.25) is 9.59 Å². The zero-order valence-electron chi connectivity index (χ0n) is 13.9. The van der Waals surface area contributed by atoms with Crippen LogP contribution < -0.4 is 10.2 Å². The lowest BCUT2D eigenvalue weighted by Gasteiger charge is -2.22. The van der Waals surface area contributed by atoms with Crippen LogP contribution >= 0.6 is 0 Å². The van der Waals surface area contributed by atoms with Crippen LogP contribution in [0.2, 0.25) is 0 Å². The van der Waals surface area contributed by atoms with Gasteiger partial charge in [0.2, 0.25) is 11.8 Å². The van der Waals surface area contributed by atoms with Gasteiger partial charge in [0.05, 0.1) is 0 Å². The van der Waals surface area contributed by atoms with Gasteiger partial charge in [0.15, 0.2) is 0 Å². The number of nitrogens with zero attached hydrogens (tertiary/aromatic N) is 1. The van der Waals surface area contributed by atoms with E-state index in [1.54, 1.807) is 12.0 Å². The molecule has 5 heteroatoms. The summed E-state index contributed by atoms with van der Waals surface area (Å²) in [6.45, 7) is 7.17. The second-order valence-corrected chi connectivity index (χ2v) is 5.39. The van der Waals surface area contributed by atoms with Crippen molar-refractivity contribution in [3.05, 3.63) is 29.3 Å². The summed E-state index contributed by atoms with van der Waals surface area (Å²) in [5.74, 6) is -0.110. The molecule has 1 N–H and O–H groups in total. The normalized spacial score (nSPS) is 10.4. The first-order valence-electron chi connectivity index (χ1n) is 7.56. The van der Waals surface area contributed by atoms with Crippen LogP contribution in [0.15, 0.2) is 18.2 Å². The first-order valence-corrected chi connectivity index (χ1v) is 7.56. The van der Waals surface area contributed by atoms with Gasteiger partial charge >= 0.3 is 0 Å². The lowest BCUT2D eigenvalue weighted by Crippen LogP contribution is -2.34. The molecule has 0 saturated heterocycles. The molecular weight excluding hydrogens is 280 g/mol. The molecule has 1 aromatic carbocycles. The number of carbonyl (C=O) groups excluding carboxylic acids is 2. The minimum Gasteiger partial charge on any atom is -0.385 e. The summed E-state index contributed by atoms with van der Waals surface area (Å²) in [5, 5.41) is 2.83. The van der Waals surface area contributed by atoms with Crippen molar-refractivity contribution in [2.45, 2.75) is 33.6 Å². The van der Waals surface area contributed by atoms with Gasteiger partial charge in [0.25, 0.3) is 0 Å². The highest BCUT2D eigenvalue weighted by Crippen LogP contribution is 2.19. The molecule has 22 heavy (non-hydrogen) atoms. The van der Waals surface area contributed by atoms with Crippen LogP contribution in [-0.2, 0) is 14.3 Å². The topological polar surface area (TPSA) is 58.6 Å². The number of nitrogens with one attached hydrogen (secondary N) is 1. The minimum atomic E-state index is -0.0598. The van der Waals surface area contributed by atoms with Crippen LogP contribution in [0.5, 0.6) is 0 Å². The van der Waals surface area contributed by atoms with Crippen molar-refractivity contribution < 1.29 is 14.3 Å². The quantitative estimate of drug-likeness (QED) is 0.749.